The predicted octanol–water partition coefficient (Wildman–Crippen LogP) is 2.84. The molecule has 0 aliphatic rings. The van der Waals surface area contributed by atoms with Crippen LogP contribution in [0.2, 0.25) is 0 Å². The van der Waals surface area contributed by atoms with Crippen LogP contribution in [-0.2, 0) is 12.1 Å². The van der Waals surface area contributed by atoms with E-state index in [1.54, 1.807) is 0 Å². The van der Waals surface area contributed by atoms with Crippen LogP contribution in [0.3, 0.4) is 0 Å². The van der Waals surface area contributed by atoms with Gasteiger partial charge >= 0.3 is 0 Å². The third-order valence-electron chi connectivity index (χ3n) is 3.16. The first-order valence-electron chi connectivity index (χ1n) is 6.17. The molecule has 0 aliphatic carbocycles. The van der Waals surface area contributed by atoms with Crippen LogP contribution < -0.4 is 5.32 Å². The summed E-state index contributed by atoms with van der Waals surface area (Å²) in [7, 11) is 0. The van der Waals surface area contributed by atoms with Crippen molar-refractivity contribution in [1.82, 2.24) is 10.3 Å². The minimum absolute atomic E-state index is 0.0328. The molecule has 0 radical (unpaired) electrons. The topological polar surface area (TPSA) is 45.1 Å². The highest BCUT2D eigenvalue weighted by Crippen LogP contribution is 2.20. The van der Waals surface area contributed by atoms with Gasteiger partial charge in [-0.2, -0.15) is 0 Å². The van der Waals surface area contributed by atoms with Crippen LogP contribution in [0.1, 0.15) is 18.2 Å². The van der Waals surface area contributed by atoms with E-state index < -0.39 is 5.54 Å². The average Bonchev–Trinajstić information content (AvgIpc) is 2.46. The molecule has 2 N–H and O–H groups in total. The van der Waals surface area contributed by atoms with Gasteiger partial charge in [0, 0.05) is 6.54 Å². The molecule has 1 aromatic heterocycles. The fraction of sp³-hybridized carbons (Fsp3) is 0.267. The van der Waals surface area contributed by atoms with E-state index >= 15 is 0 Å². The number of aliphatic hydroxyl groups excluding tert-OH is 1. The summed E-state index contributed by atoms with van der Waals surface area (Å²) in [5.41, 5.74) is 1.53. The minimum Gasteiger partial charge on any atom is -0.394 e. The quantitative estimate of drug-likeness (QED) is 0.833. The third kappa shape index (κ3) is 3.62. The van der Waals surface area contributed by atoms with Crippen LogP contribution in [0.25, 0.3) is 0 Å². The second-order valence-corrected chi connectivity index (χ2v) is 5.47. The summed E-state index contributed by atoms with van der Waals surface area (Å²) in [6.45, 7) is 2.62. The number of hydrogen-bond acceptors (Lipinski definition) is 3. The van der Waals surface area contributed by atoms with E-state index in [1.165, 1.54) is 0 Å². The smallest absolute Gasteiger partial charge is 0.106 e. The molecule has 0 amide bonds. The summed E-state index contributed by atoms with van der Waals surface area (Å²) in [5, 5.41) is 13.1. The number of pyridine rings is 1. The van der Waals surface area contributed by atoms with E-state index in [2.05, 4.69) is 26.2 Å². The van der Waals surface area contributed by atoms with Gasteiger partial charge in [-0.05, 0) is 40.5 Å². The largest absolute Gasteiger partial charge is 0.394 e. The Bertz CT molecular complexity index is 533. The van der Waals surface area contributed by atoms with Gasteiger partial charge in [0.05, 0.1) is 17.8 Å². The second kappa shape index (κ2) is 6.28. The number of nitrogens with zero attached hydrogens (tertiary/aromatic N) is 1. The van der Waals surface area contributed by atoms with Crippen LogP contribution in [0, 0.1) is 0 Å². The number of rotatable bonds is 5. The lowest BCUT2D eigenvalue weighted by Crippen LogP contribution is -2.42. The summed E-state index contributed by atoms with van der Waals surface area (Å²) >= 11 is 3.36. The molecule has 3 nitrogen and oxygen atoms in total. The molecule has 0 saturated carbocycles. The highest BCUT2D eigenvalue weighted by Gasteiger charge is 2.24. The summed E-state index contributed by atoms with van der Waals surface area (Å²) in [4.78, 5) is 4.38. The van der Waals surface area contributed by atoms with E-state index in [4.69, 9.17) is 0 Å². The maximum absolute atomic E-state index is 9.68. The molecule has 1 atom stereocenters. The molecule has 1 unspecified atom stereocenters. The Balaban J connectivity index is 2.11. The van der Waals surface area contributed by atoms with E-state index in [9.17, 15) is 5.11 Å². The molecule has 1 heterocycles. The van der Waals surface area contributed by atoms with Gasteiger partial charge in [-0.15, -0.1) is 0 Å². The Morgan fingerprint density at radius 3 is 2.53 bits per heavy atom. The van der Waals surface area contributed by atoms with Gasteiger partial charge in [0.2, 0.25) is 0 Å². The Morgan fingerprint density at radius 1 is 1.16 bits per heavy atom. The zero-order chi connectivity index (χ0) is 13.7. The first-order chi connectivity index (χ1) is 9.14. The van der Waals surface area contributed by atoms with Crippen molar-refractivity contribution >= 4 is 15.9 Å². The van der Waals surface area contributed by atoms with Gasteiger partial charge < -0.3 is 10.4 Å². The molecule has 0 spiro atoms. The normalized spacial score (nSPS) is 14.1. The van der Waals surface area contributed by atoms with E-state index in [-0.39, 0.29) is 6.61 Å². The zero-order valence-corrected chi connectivity index (χ0v) is 12.4. The highest BCUT2D eigenvalue weighted by molar-refractivity contribution is 9.10. The molecule has 0 aliphatic heterocycles. The standard InChI is InChI=1S/C15H17BrN2O/c1-15(11-19,12-6-3-2-4-7-12)17-10-13-8-5-9-14(16)18-13/h2-9,17,19H,10-11H2,1H3. The van der Waals surface area contributed by atoms with Crippen molar-refractivity contribution in [1.29, 1.82) is 0 Å². The molecule has 100 valence electrons. The number of hydrogen-bond donors (Lipinski definition) is 2. The van der Waals surface area contributed by atoms with Crippen LogP contribution in [0.4, 0.5) is 0 Å². The van der Waals surface area contributed by atoms with Gasteiger partial charge in [-0.3, -0.25) is 0 Å². The third-order valence-corrected chi connectivity index (χ3v) is 3.60. The summed E-state index contributed by atoms with van der Waals surface area (Å²) in [6, 6.07) is 15.7. The lowest BCUT2D eigenvalue weighted by molar-refractivity contribution is 0.173. The fourth-order valence-electron chi connectivity index (χ4n) is 1.89. The van der Waals surface area contributed by atoms with Crippen molar-refractivity contribution in [3.63, 3.8) is 0 Å². The predicted molar refractivity (Wildman–Crippen MR) is 79.7 cm³/mol. The number of benzene rings is 1. The van der Waals surface area contributed by atoms with Gasteiger partial charge in [0.15, 0.2) is 0 Å². The number of nitrogens with one attached hydrogen (secondary N) is 1. The highest BCUT2D eigenvalue weighted by atomic mass is 79.9. The number of aromatic nitrogens is 1. The van der Waals surface area contributed by atoms with Crippen molar-refractivity contribution in [2.45, 2.75) is 19.0 Å². The molecular formula is C15H17BrN2O. The molecule has 0 fully saturated rings. The zero-order valence-electron chi connectivity index (χ0n) is 10.8. The van der Waals surface area contributed by atoms with Crippen molar-refractivity contribution < 1.29 is 5.11 Å². The molecule has 1 aromatic carbocycles. The van der Waals surface area contributed by atoms with Crippen molar-refractivity contribution in [2.75, 3.05) is 6.61 Å². The molecular weight excluding hydrogens is 304 g/mol. The van der Waals surface area contributed by atoms with E-state index in [0.29, 0.717) is 6.54 Å². The lowest BCUT2D eigenvalue weighted by atomic mass is 9.93. The summed E-state index contributed by atoms with van der Waals surface area (Å²) in [6.07, 6.45) is 0. The van der Waals surface area contributed by atoms with E-state index in [0.717, 1.165) is 15.9 Å². The van der Waals surface area contributed by atoms with Gasteiger partial charge in [-0.25, -0.2) is 4.98 Å². The van der Waals surface area contributed by atoms with Crippen LogP contribution in [0.15, 0.2) is 53.1 Å². The summed E-state index contributed by atoms with van der Waals surface area (Å²) in [5.74, 6) is 0. The van der Waals surface area contributed by atoms with E-state index in [1.807, 2.05) is 55.5 Å². The summed E-state index contributed by atoms with van der Waals surface area (Å²) < 4.78 is 0.817. The Morgan fingerprint density at radius 2 is 1.89 bits per heavy atom. The van der Waals surface area contributed by atoms with Crippen LogP contribution >= 0.6 is 15.9 Å². The first-order valence-corrected chi connectivity index (χ1v) is 6.96. The van der Waals surface area contributed by atoms with Gasteiger partial charge in [-0.1, -0.05) is 36.4 Å². The molecule has 4 heteroatoms. The molecule has 2 aromatic rings. The van der Waals surface area contributed by atoms with Crippen LogP contribution in [0.5, 0.6) is 0 Å². The number of aliphatic hydroxyl groups is 1. The maximum Gasteiger partial charge on any atom is 0.106 e. The second-order valence-electron chi connectivity index (χ2n) is 4.66. The monoisotopic (exact) mass is 320 g/mol. The van der Waals surface area contributed by atoms with Crippen molar-refractivity contribution in [2.24, 2.45) is 0 Å². The van der Waals surface area contributed by atoms with Crippen LogP contribution in [-0.4, -0.2) is 16.7 Å². The Hall–Kier alpha value is -1.23. The minimum atomic E-state index is -0.467. The van der Waals surface area contributed by atoms with Crippen molar-refractivity contribution in [3.05, 3.63) is 64.4 Å². The molecule has 2 rings (SSSR count). The first kappa shape index (κ1) is 14.2. The maximum atomic E-state index is 9.68. The molecule has 0 saturated heterocycles. The average molecular weight is 321 g/mol. The lowest BCUT2D eigenvalue weighted by Gasteiger charge is -2.29. The van der Waals surface area contributed by atoms with Gasteiger partial charge in [0.25, 0.3) is 0 Å². The number of halogens is 1. The Labute approximate surface area is 121 Å². The Kier molecular flexibility index (Phi) is 4.69. The van der Waals surface area contributed by atoms with Crippen molar-refractivity contribution in [3.8, 4) is 0 Å². The van der Waals surface area contributed by atoms with Gasteiger partial charge in [0.1, 0.15) is 4.60 Å². The molecule has 0 bridgehead atoms. The molecule has 19 heavy (non-hydrogen) atoms. The fourth-order valence-corrected chi connectivity index (χ4v) is 2.27. The SMILES string of the molecule is CC(CO)(NCc1cccc(Br)n1)c1ccccc1.